The molecular weight excluding hydrogens is 232 g/mol. The van der Waals surface area contributed by atoms with Gasteiger partial charge < -0.3 is 15.1 Å². The standard InChI is InChI=1S/C11H13F2NO3/c12-9-2-1-8(7-10(9)13)11(17)14(3-5-15)4-6-16/h1-2,7,15-16H,3-6H2. The van der Waals surface area contributed by atoms with Gasteiger partial charge in [-0.15, -0.1) is 0 Å². The van der Waals surface area contributed by atoms with Crippen molar-refractivity contribution in [1.29, 1.82) is 0 Å². The number of rotatable bonds is 5. The van der Waals surface area contributed by atoms with Crippen LogP contribution in [0.3, 0.4) is 0 Å². The Bertz CT molecular complexity index is 392. The van der Waals surface area contributed by atoms with E-state index >= 15 is 0 Å². The summed E-state index contributed by atoms with van der Waals surface area (Å²) in [6.45, 7) is -0.485. The molecule has 0 aliphatic heterocycles. The van der Waals surface area contributed by atoms with Gasteiger partial charge in [-0.25, -0.2) is 8.78 Å². The third-order valence-electron chi connectivity index (χ3n) is 2.19. The Kier molecular flexibility index (Phi) is 4.99. The van der Waals surface area contributed by atoms with Gasteiger partial charge in [-0.05, 0) is 18.2 Å². The molecule has 0 saturated carbocycles. The second-order valence-electron chi connectivity index (χ2n) is 3.37. The maximum absolute atomic E-state index is 12.9. The third kappa shape index (κ3) is 3.47. The van der Waals surface area contributed by atoms with Crippen LogP contribution in [-0.2, 0) is 0 Å². The number of hydrogen-bond acceptors (Lipinski definition) is 3. The first-order valence-corrected chi connectivity index (χ1v) is 5.06. The highest BCUT2D eigenvalue weighted by atomic mass is 19.2. The highest BCUT2D eigenvalue weighted by Crippen LogP contribution is 2.11. The van der Waals surface area contributed by atoms with E-state index in [1.54, 1.807) is 0 Å². The third-order valence-corrected chi connectivity index (χ3v) is 2.19. The van der Waals surface area contributed by atoms with Crippen molar-refractivity contribution in [2.24, 2.45) is 0 Å². The van der Waals surface area contributed by atoms with Crippen molar-refractivity contribution in [3.05, 3.63) is 35.4 Å². The molecule has 17 heavy (non-hydrogen) atoms. The van der Waals surface area contributed by atoms with Gasteiger partial charge in [-0.2, -0.15) is 0 Å². The topological polar surface area (TPSA) is 60.8 Å². The van der Waals surface area contributed by atoms with Gasteiger partial charge in [0, 0.05) is 18.7 Å². The van der Waals surface area contributed by atoms with Crippen LogP contribution in [0.1, 0.15) is 10.4 Å². The molecule has 0 aromatic heterocycles. The number of carbonyl (C=O) groups is 1. The zero-order valence-corrected chi connectivity index (χ0v) is 9.07. The molecule has 0 bridgehead atoms. The van der Waals surface area contributed by atoms with Gasteiger partial charge >= 0.3 is 0 Å². The first-order valence-electron chi connectivity index (χ1n) is 5.06. The van der Waals surface area contributed by atoms with Crippen LogP contribution in [-0.4, -0.2) is 47.3 Å². The molecule has 0 saturated heterocycles. The van der Waals surface area contributed by atoms with Gasteiger partial charge in [0.1, 0.15) is 0 Å². The lowest BCUT2D eigenvalue weighted by molar-refractivity contribution is 0.0684. The van der Waals surface area contributed by atoms with Gasteiger partial charge in [-0.3, -0.25) is 4.79 Å². The van der Waals surface area contributed by atoms with E-state index in [9.17, 15) is 13.6 Å². The molecule has 1 aromatic carbocycles. The zero-order chi connectivity index (χ0) is 12.8. The molecule has 0 heterocycles. The van der Waals surface area contributed by atoms with Crippen molar-refractivity contribution >= 4 is 5.91 Å². The van der Waals surface area contributed by atoms with E-state index in [2.05, 4.69) is 0 Å². The average Bonchev–Trinajstić information content (AvgIpc) is 2.31. The molecule has 94 valence electrons. The minimum Gasteiger partial charge on any atom is -0.395 e. The summed E-state index contributed by atoms with van der Waals surface area (Å²) in [4.78, 5) is 13.0. The summed E-state index contributed by atoms with van der Waals surface area (Å²) in [5, 5.41) is 17.5. The van der Waals surface area contributed by atoms with E-state index in [0.717, 1.165) is 23.1 Å². The fourth-order valence-electron chi connectivity index (χ4n) is 1.37. The number of aliphatic hydroxyl groups is 2. The molecule has 6 heteroatoms. The van der Waals surface area contributed by atoms with Crippen LogP contribution in [0.2, 0.25) is 0 Å². The summed E-state index contributed by atoms with van der Waals surface area (Å²) < 4.78 is 25.6. The summed E-state index contributed by atoms with van der Waals surface area (Å²) in [6, 6.07) is 2.81. The van der Waals surface area contributed by atoms with Gasteiger partial charge in [0.25, 0.3) is 5.91 Å². The van der Waals surface area contributed by atoms with Crippen molar-refractivity contribution in [1.82, 2.24) is 4.90 Å². The monoisotopic (exact) mass is 245 g/mol. The maximum atomic E-state index is 12.9. The van der Waals surface area contributed by atoms with Gasteiger partial charge in [0.2, 0.25) is 0 Å². The summed E-state index contributed by atoms with van der Waals surface area (Å²) in [7, 11) is 0. The molecule has 1 amide bonds. The molecule has 0 atom stereocenters. The van der Waals surface area contributed by atoms with Crippen molar-refractivity contribution < 1.29 is 23.8 Å². The number of aliphatic hydroxyl groups excluding tert-OH is 2. The highest BCUT2D eigenvalue weighted by molar-refractivity contribution is 5.94. The van der Waals surface area contributed by atoms with Gasteiger partial charge in [0.05, 0.1) is 13.2 Å². The normalized spacial score (nSPS) is 10.4. The number of benzene rings is 1. The lowest BCUT2D eigenvalue weighted by Gasteiger charge is -2.20. The second kappa shape index (κ2) is 6.27. The Balaban J connectivity index is 2.88. The van der Waals surface area contributed by atoms with Crippen LogP contribution in [0.15, 0.2) is 18.2 Å². The lowest BCUT2D eigenvalue weighted by atomic mass is 10.2. The fraction of sp³-hybridized carbons (Fsp3) is 0.364. The minimum atomic E-state index is -1.11. The lowest BCUT2D eigenvalue weighted by Crippen LogP contribution is -2.35. The number of amides is 1. The largest absolute Gasteiger partial charge is 0.395 e. The number of halogens is 2. The summed E-state index contributed by atoms with van der Waals surface area (Å²) in [6.07, 6.45) is 0. The molecule has 0 spiro atoms. The Labute approximate surface area is 97.1 Å². The second-order valence-corrected chi connectivity index (χ2v) is 3.37. The predicted molar refractivity (Wildman–Crippen MR) is 56.4 cm³/mol. The molecule has 0 aliphatic rings. The van der Waals surface area contributed by atoms with Crippen LogP contribution in [0, 0.1) is 11.6 Å². The Morgan fingerprint density at radius 3 is 2.18 bits per heavy atom. The number of hydrogen-bond donors (Lipinski definition) is 2. The Morgan fingerprint density at radius 1 is 1.12 bits per heavy atom. The first-order chi connectivity index (χ1) is 8.10. The van der Waals surface area contributed by atoms with Crippen molar-refractivity contribution in [2.45, 2.75) is 0 Å². The number of nitrogens with zero attached hydrogens (tertiary/aromatic N) is 1. The molecular formula is C11H13F2NO3. The SMILES string of the molecule is O=C(c1ccc(F)c(F)c1)N(CCO)CCO. The first kappa shape index (κ1) is 13.5. The van der Waals surface area contributed by atoms with Crippen LogP contribution in [0.4, 0.5) is 8.78 Å². The van der Waals surface area contributed by atoms with Gasteiger partial charge in [0.15, 0.2) is 11.6 Å². The molecule has 4 nitrogen and oxygen atoms in total. The van der Waals surface area contributed by atoms with Crippen LogP contribution in [0.5, 0.6) is 0 Å². The van der Waals surface area contributed by atoms with Crippen LogP contribution >= 0.6 is 0 Å². The van der Waals surface area contributed by atoms with Crippen LogP contribution in [0.25, 0.3) is 0 Å². The van der Waals surface area contributed by atoms with Crippen LogP contribution < -0.4 is 0 Å². The predicted octanol–water partition coefficient (Wildman–Crippen LogP) is 0.392. The van der Waals surface area contributed by atoms with Crippen molar-refractivity contribution in [3.63, 3.8) is 0 Å². The molecule has 0 unspecified atom stereocenters. The van der Waals surface area contributed by atoms with E-state index in [1.165, 1.54) is 0 Å². The molecule has 0 aliphatic carbocycles. The minimum absolute atomic E-state index is 0.0224. The summed E-state index contributed by atoms with van der Waals surface area (Å²) >= 11 is 0. The summed E-state index contributed by atoms with van der Waals surface area (Å²) in [5.74, 6) is -2.70. The van der Waals surface area contributed by atoms with E-state index in [4.69, 9.17) is 10.2 Å². The maximum Gasteiger partial charge on any atom is 0.254 e. The zero-order valence-electron chi connectivity index (χ0n) is 9.07. The molecule has 1 aromatic rings. The van der Waals surface area contributed by atoms with Crippen molar-refractivity contribution in [2.75, 3.05) is 26.3 Å². The van der Waals surface area contributed by atoms with Gasteiger partial charge in [-0.1, -0.05) is 0 Å². The smallest absolute Gasteiger partial charge is 0.254 e. The molecule has 1 rings (SSSR count). The number of carbonyl (C=O) groups excluding carboxylic acids is 1. The van der Waals surface area contributed by atoms with E-state index in [1.807, 2.05) is 0 Å². The van der Waals surface area contributed by atoms with E-state index < -0.39 is 17.5 Å². The Hall–Kier alpha value is -1.53. The summed E-state index contributed by atoms with van der Waals surface area (Å²) in [5.41, 5.74) is -0.0224. The van der Waals surface area contributed by atoms with Crippen molar-refractivity contribution in [3.8, 4) is 0 Å². The molecule has 2 N–H and O–H groups in total. The molecule has 0 radical (unpaired) electrons. The fourth-order valence-corrected chi connectivity index (χ4v) is 1.37. The van der Waals surface area contributed by atoms with E-state index in [-0.39, 0.29) is 31.9 Å². The van der Waals surface area contributed by atoms with E-state index in [0.29, 0.717) is 0 Å². The quantitative estimate of drug-likeness (QED) is 0.789. The highest BCUT2D eigenvalue weighted by Gasteiger charge is 2.16. The Morgan fingerprint density at radius 2 is 1.71 bits per heavy atom. The average molecular weight is 245 g/mol. The molecule has 0 fully saturated rings.